The number of carbonyl (C=O) groups excluding carboxylic acids is 1. The van der Waals surface area contributed by atoms with Gasteiger partial charge in [0.2, 0.25) is 0 Å². The summed E-state index contributed by atoms with van der Waals surface area (Å²) in [5, 5.41) is 19.8. The van der Waals surface area contributed by atoms with Gasteiger partial charge in [0.05, 0.1) is 5.71 Å². The molecule has 0 spiro atoms. The molecule has 1 heterocycles. The number of carbonyl (C=O) groups is 1. The molecule has 6 nitrogen and oxygen atoms in total. The van der Waals surface area contributed by atoms with Crippen LogP contribution in [-0.2, 0) is 0 Å². The van der Waals surface area contributed by atoms with Crippen molar-refractivity contribution in [2.24, 2.45) is 4.99 Å². The average molecular weight is 334 g/mol. The van der Waals surface area contributed by atoms with Crippen molar-refractivity contribution in [1.82, 2.24) is 4.90 Å². The molecule has 0 saturated carbocycles. The first-order valence-electron chi connectivity index (χ1n) is 7.87. The Bertz CT molecular complexity index is 844. The van der Waals surface area contributed by atoms with E-state index in [2.05, 4.69) is 10.3 Å². The molecule has 1 aliphatic heterocycles. The molecular weight excluding hydrogens is 316 g/mol. The minimum absolute atomic E-state index is 0.132. The third kappa shape index (κ3) is 3.92. The molecule has 2 aromatic carbocycles. The van der Waals surface area contributed by atoms with E-state index < -0.39 is 0 Å². The van der Waals surface area contributed by atoms with Gasteiger partial charge in [0, 0.05) is 24.0 Å². The van der Waals surface area contributed by atoms with Crippen molar-refractivity contribution in [2.75, 3.05) is 11.9 Å². The SMILES string of the molecule is N=C/N=C(\C1=CN(C(=O)Nc2ccccc2)CC1)c1cccc(O)c1. The molecule has 0 radical (unpaired) electrons. The normalized spacial score (nSPS) is 14.2. The molecular formula is C19H18N4O2. The minimum Gasteiger partial charge on any atom is -0.508 e. The molecule has 0 aliphatic carbocycles. The van der Waals surface area contributed by atoms with Gasteiger partial charge in [0.1, 0.15) is 12.1 Å². The van der Waals surface area contributed by atoms with Crippen LogP contribution in [0.5, 0.6) is 5.75 Å². The number of phenolic OH excluding ortho intramolecular Hbond substituents is 1. The summed E-state index contributed by atoms with van der Waals surface area (Å²) in [6.07, 6.45) is 3.34. The maximum absolute atomic E-state index is 12.4. The van der Waals surface area contributed by atoms with Gasteiger partial charge in [0.15, 0.2) is 0 Å². The summed E-state index contributed by atoms with van der Waals surface area (Å²) >= 11 is 0. The topological polar surface area (TPSA) is 88.8 Å². The number of aliphatic imine (C=N–C) groups is 1. The smallest absolute Gasteiger partial charge is 0.325 e. The third-order valence-corrected chi connectivity index (χ3v) is 3.84. The Morgan fingerprint density at radius 1 is 1.20 bits per heavy atom. The van der Waals surface area contributed by atoms with E-state index in [0.717, 1.165) is 17.6 Å². The van der Waals surface area contributed by atoms with Crippen LogP contribution in [0.2, 0.25) is 0 Å². The fourth-order valence-electron chi connectivity index (χ4n) is 2.68. The van der Waals surface area contributed by atoms with Crippen LogP contribution in [0.25, 0.3) is 0 Å². The van der Waals surface area contributed by atoms with Gasteiger partial charge in [-0.3, -0.25) is 5.41 Å². The zero-order valence-electron chi connectivity index (χ0n) is 13.5. The number of hydrogen-bond acceptors (Lipinski definition) is 3. The molecule has 126 valence electrons. The molecule has 0 atom stereocenters. The second-order valence-corrected chi connectivity index (χ2v) is 5.55. The number of phenols is 1. The zero-order chi connectivity index (χ0) is 17.6. The highest BCUT2D eigenvalue weighted by Gasteiger charge is 2.22. The number of nitrogens with one attached hydrogen (secondary N) is 2. The van der Waals surface area contributed by atoms with Gasteiger partial charge in [-0.25, -0.2) is 9.79 Å². The third-order valence-electron chi connectivity index (χ3n) is 3.84. The van der Waals surface area contributed by atoms with Crippen LogP contribution in [0.3, 0.4) is 0 Å². The molecule has 0 saturated heterocycles. The lowest BCUT2D eigenvalue weighted by Gasteiger charge is -2.14. The van der Waals surface area contributed by atoms with Crippen molar-refractivity contribution in [1.29, 1.82) is 5.41 Å². The molecule has 6 heteroatoms. The Kier molecular flexibility index (Phi) is 4.89. The summed E-state index contributed by atoms with van der Waals surface area (Å²) < 4.78 is 0. The molecule has 3 rings (SSSR count). The highest BCUT2D eigenvalue weighted by atomic mass is 16.3. The van der Waals surface area contributed by atoms with Crippen molar-refractivity contribution in [3.8, 4) is 5.75 Å². The van der Waals surface area contributed by atoms with Gasteiger partial charge in [-0.1, -0.05) is 30.3 Å². The average Bonchev–Trinajstić information content (AvgIpc) is 3.10. The van der Waals surface area contributed by atoms with E-state index in [0.29, 0.717) is 24.2 Å². The molecule has 2 amide bonds. The number of rotatable bonds is 4. The molecule has 0 aromatic heterocycles. The van der Waals surface area contributed by atoms with Gasteiger partial charge in [-0.15, -0.1) is 0 Å². The van der Waals surface area contributed by atoms with Crippen LogP contribution in [0.15, 0.2) is 71.4 Å². The summed E-state index contributed by atoms with van der Waals surface area (Å²) in [7, 11) is 0. The van der Waals surface area contributed by atoms with Gasteiger partial charge in [-0.05, 0) is 36.3 Å². The number of benzene rings is 2. The van der Waals surface area contributed by atoms with Crippen LogP contribution in [0, 0.1) is 5.41 Å². The Labute approximate surface area is 145 Å². The zero-order valence-corrected chi connectivity index (χ0v) is 13.5. The molecule has 0 fully saturated rings. The number of nitrogens with zero attached hydrogens (tertiary/aromatic N) is 2. The standard InChI is InChI=1S/C19H18N4O2/c20-13-21-18(14-5-4-8-17(24)11-14)15-9-10-23(12-15)19(25)22-16-6-2-1-3-7-16/h1-8,11-13,20,24H,9-10H2,(H,22,25)/b20-13?,21-18-. The predicted molar refractivity (Wildman–Crippen MR) is 98.3 cm³/mol. The largest absolute Gasteiger partial charge is 0.508 e. The molecule has 25 heavy (non-hydrogen) atoms. The van der Waals surface area contributed by atoms with Crippen LogP contribution in [0.4, 0.5) is 10.5 Å². The number of para-hydroxylation sites is 1. The van der Waals surface area contributed by atoms with E-state index in [4.69, 9.17) is 5.41 Å². The molecule has 2 aromatic rings. The van der Waals surface area contributed by atoms with E-state index in [1.54, 1.807) is 29.3 Å². The fourth-order valence-corrected chi connectivity index (χ4v) is 2.68. The number of hydrogen-bond donors (Lipinski definition) is 3. The quantitative estimate of drug-likeness (QED) is 0.589. The van der Waals surface area contributed by atoms with Crippen molar-refractivity contribution in [3.63, 3.8) is 0 Å². The Balaban J connectivity index is 1.80. The van der Waals surface area contributed by atoms with Crippen LogP contribution >= 0.6 is 0 Å². The summed E-state index contributed by atoms with van der Waals surface area (Å²) in [4.78, 5) is 18.1. The summed E-state index contributed by atoms with van der Waals surface area (Å²) in [6, 6.07) is 15.7. The van der Waals surface area contributed by atoms with Crippen molar-refractivity contribution in [2.45, 2.75) is 6.42 Å². The van der Waals surface area contributed by atoms with Crippen LogP contribution in [-0.4, -0.2) is 34.6 Å². The number of anilines is 1. The van der Waals surface area contributed by atoms with E-state index in [1.807, 2.05) is 36.4 Å². The van der Waals surface area contributed by atoms with E-state index in [-0.39, 0.29) is 11.8 Å². The van der Waals surface area contributed by atoms with E-state index in [1.165, 1.54) is 0 Å². The predicted octanol–water partition coefficient (Wildman–Crippen LogP) is 3.61. The Morgan fingerprint density at radius 2 is 2.00 bits per heavy atom. The summed E-state index contributed by atoms with van der Waals surface area (Å²) in [5.41, 5.74) is 2.87. The van der Waals surface area contributed by atoms with Crippen molar-refractivity contribution in [3.05, 3.63) is 71.9 Å². The number of aromatic hydroxyl groups is 1. The molecule has 1 aliphatic rings. The summed E-state index contributed by atoms with van der Waals surface area (Å²) in [6.45, 7) is 0.532. The van der Waals surface area contributed by atoms with Crippen LogP contribution < -0.4 is 5.32 Å². The lowest BCUT2D eigenvalue weighted by molar-refractivity contribution is 0.231. The monoisotopic (exact) mass is 334 g/mol. The Morgan fingerprint density at radius 3 is 2.72 bits per heavy atom. The number of amides is 2. The summed E-state index contributed by atoms with van der Waals surface area (Å²) in [5.74, 6) is 0.132. The first kappa shape index (κ1) is 16.4. The van der Waals surface area contributed by atoms with E-state index >= 15 is 0 Å². The molecule has 3 N–H and O–H groups in total. The van der Waals surface area contributed by atoms with Gasteiger partial charge in [-0.2, -0.15) is 0 Å². The highest BCUT2D eigenvalue weighted by Crippen LogP contribution is 2.23. The van der Waals surface area contributed by atoms with Gasteiger partial charge in [0.25, 0.3) is 0 Å². The van der Waals surface area contributed by atoms with Crippen LogP contribution in [0.1, 0.15) is 12.0 Å². The maximum atomic E-state index is 12.4. The van der Waals surface area contributed by atoms with E-state index in [9.17, 15) is 9.90 Å². The lowest BCUT2D eigenvalue weighted by Crippen LogP contribution is -2.28. The van der Waals surface area contributed by atoms with Crippen molar-refractivity contribution >= 4 is 23.8 Å². The Hall–Kier alpha value is -3.41. The second-order valence-electron chi connectivity index (χ2n) is 5.55. The van der Waals surface area contributed by atoms with Gasteiger partial charge >= 0.3 is 6.03 Å². The maximum Gasteiger partial charge on any atom is 0.325 e. The first-order valence-corrected chi connectivity index (χ1v) is 7.87. The number of urea groups is 1. The first-order chi connectivity index (χ1) is 12.2. The highest BCUT2D eigenvalue weighted by molar-refractivity contribution is 6.15. The second kappa shape index (κ2) is 7.44. The van der Waals surface area contributed by atoms with Crippen molar-refractivity contribution < 1.29 is 9.90 Å². The fraction of sp³-hybridized carbons (Fsp3) is 0.105. The van der Waals surface area contributed by atoms with Gasteiger partial charge < -0.3 is 15.3 Å². The minimum atomic E-state index is -0.216. The lowest BCUT2D eigenvalue weighted by atomic mass is 10.0. The molecule has 0 bridgehead atoms. The molecule has 0 unspecified atom stereocenters.